The summed E-state index contributed by atoms with van der Waals surface area (Å²) in [6.45, 7) is -0.857. The molecule has 0 rings (SSSR count). The van der Waals surface area contributed by atoms with Gasteiger partial charge < -0.3 is 35.0 Å². The van der Waals surface area contributed by atoms with Crippen molar-refractivity contribution in [2.75, 3.05) is 12.8 Å². The number of aliphatic hydroxyl groups excluding tert-OH is 4. The van der Waals surface area contributed by atoms with Gasteiger partial charge in [0.25, 0.3) is 0 Å². The predicted octanol–water partition coefficient (Wildman–Crippen LogP) is -2.95. The highest BCUT2D eigenvalue weighted by Crippen LogP contribution is 2.38. The van der Waals surface area contributed by atoms with Gasteiger partial charge in [0, 0.05) is 5.92 Å². The van der Waals surface area contributed by atoms with Gasteiger partial charge >= 0.3 is 7.60 Å². The number of carbonyl (C=O) groups is 1. The van der Waals surface area contributed by atoms with Crippen molar-refractivity contribution in [1.29, 1.82) is 0 Å². The van der Waals surface area contributed by atoms with Gasteiger partial charge in [0.2, 0.25) is 0 Å². The van der Waals surface area contributed by atoms with Gasteiger partial charge in [0.15, 0.2) is 0 Å². The molecule has 0 aromatic heterocycles. The molecule has 0 radical (unpaired) electrons. The van der Waals surface area contributed by atoms with E-state index in [4.69, 9.17) is 25.1 Å². The smallest absolute Gasteiger partial charge is 0.326 e. The molecule has 9 heteroatoms. The van der Waals surface area contributed by atoms with Gasteiger partial charge in [-0.05, 0) is 0 Å². The molecule has 0 heterocycles. The van der Waals surface area contributed by atoms with Crippen LogP contribution in [0.25, 0.3) is 0 Å². The predicted molar refractivity (Wildman–Crippen MR) is 51.6 cm³/mol. The zero-order valence-electron chi connectivity index (χ0n) is 8.25. The summed E-state index contributed by atoms with van der Waals surface area (Å²) in [5.41, 5.74) is 0. The van der Waals surface area contributed by atoms with Gasteiger partial charge in [-0.2, -0.15) is 0 Å². The molecule has 0 saturated carbocycles. The molecule has 6 N–H and O–H groups in total. The number of rotatable bonds is 7. The zero-order chi connectivity index (χ0) is 12.9. The Morgan fingerprint density at radius 3 is 2.00 bits per heavy atom. The second-order valence-electron chi connectivity index (χ2n) is 3.38. The maximum absolute atomic E-state index is 10.7. The summed E-state index contributed by atoms with van der Waals surface area (Å²) >= 11 is 0. The van der Waals surface area contributed by atoms with E-state index < -0.39 is 44.6 Å². The lowest BCUT2D eigenvalue weighted by molar-refractivity contribution is -0.123. The Morgan fingerprint density at radius 1 is 1.19 bits per heavy atom. The first-order valence-electron chi connectivity index (χ1n) is 4.38. The van der Waals surface area contributed by atoms with Crippen LogP contribution in [0.2, 0.25) is 0 Å². The van der Waals surface area contributed by atoms with Crippen LogP contribution in [-0.4, -0.2) is 67.6 Å². The van der Waals surface area contributed by atoms with Gasteiger partial charge in [-0.25, -0.2) is 0 Å². The topological polar surface area (TPSA) is 156 Å². The molecule has 0 aliphatic carbocycles. The van der Waals surface area contributed by atoms with Crippen LogP contribution in [0.4, 0.5) is 0 Å². The largest absolute Gasteiger partial charge is 0.394 e. The maximum atomic E-state index is 10.7. The molecule has 0 amide bonds. The quantitative estimate of drug-likeness (QED) is 0.209. The lowest BCUT2D eigenvalue weighted by atomic mass is 9.95. The van der Waals surface area contributed by atoms with E-state index in [1.165, 1.54) is 0 Å². The fraction of sp³-hybridized carbons (Fsp3) is 0.857. The molecular weight excluding hydrogens is 243 g/mol. The van der Waals surface area contributed by atoms with Crippen molar-refractivity contribution in [3.63, 3.8) is 0 Å². The molecule has 0 unspecified atom stereocenters. The molecule has 0 aromatic carbocycles. The molecule has 16 heavy (non-hydrogen) atoms. The van der Waals surface area contributed by atoms with Crippen molar-refractivity contribution >= 4 is 13.9 Å². The third kappa shape index (κ3) is 5.13. The Bertz CT molecular complexity index is 263. The minimum Gasteiger partial charge on any atom is -0.394 e. The van der Waals surface area contributed by atoms with E-state index in [0.717, 1.165) is 0 Å². The normalized spacial score (nSPS) is 19.9. The molecule has 8 nitrogen and oxygen atoms in total. The summed E-state index contributed by atoms with van der Waals surface area (Å²) in [7, 11) is -4.56. The van der Waals surface area contributed by atoms with Crippen LogP contribution >= 0.6 is 7.60 Å². The molecular formula is C7H15O8P. The van der Waals surface area contributed by atoms with Crippen LogP contribution in [-0.2, 0) is 9.36 Å². The van der Waals surface area contributed by atoms with Crippen molar-refractivity contribution in [3.05, 3.63) is 0 Å². The van der Waals surface area contributed by atoms with Crippen LogP contribution in [0.5, 0.6) is 0 Å². The Labute approximate surface area is 91.3 Å². The number of aldehydes is 1. The summed E-state index contributed by atoms with van der Waals surface area (Å²) in [4.78, 5) is 27.6. The molecule has 96 valence electrons. The highest BCUT2D eigenvalue weighted by molar-refractivity contribution is 7.51. The van der Waals surface area contributed by atoms with E-state index in [-0.39, 0.29) is 6.29 Å². The molecule has 0 saturated heterocycles. The van der Waals surface area contributed by atoms with Gasteiger partial charge in [-0.15, -0.1) is 0 Å². The van der Waals surface area contributed by atoms with E-state index in [2.05, 4.69) is 0 Å². The molecule has 4 atom stereocenters. The number of hydrogen-bond donors (Lipinski definition) is 6. The highest BCUT2D eigenvalue weighted by atomic mass is 31.2. The Morgan fingerprint density at radius 2 is 1.69 bits per heavy atom. The zero-order valence-corrected chi connectivity index (χ0v) is 9.14. The third-order valence-corrected chi connectivity index (χ3v) is 2.94. The van der Waals surface area contributed by atoms with Gasteiger partial charge in [-0.3, -0.25) is 4.57 Å². The summed E-state index contributed by atoms with van der Waals surface area (Å²) < 4.78 is 10.7. The lowest BCUT2D eigenvalue weighted by Gasteiger charge is -2.27. The van der Waals surface area contributed by atoms with E-state index in [1.807, 2.05) is 0 Å². The SMILES string of the molecule is O=C[C@H](O)[C@@H](CP(=O)(O)O)[C@H](O)[C@H](O)CO. The summed E-state index contributed by atoms with van der Waals surface area (Å²) in [6.07, 6.45) is -6.30. The molecule has 0 aromatic rings. The van der Waals surface area contributed by atoms with Gasteiger partial charge in [0.05, 0.1) is 18.9 Å². The Kier molecular flexibility index (Phi) is 6.27. The van der Waals surface area contributed by atoms with E-state index in [0.29, 0.717) is 0 Å². The minimum atomic E-state index is -4.56. The fourth-order valence-electron chi connectivity index (χ4n) is 1.19. The van der Waals surface area contributed by atoms with Crippen molar-refractivity contribution in [2.45, 2.75) is 18.3 Å². The standard InChI is InChI=1S/C7H15O8P/c8-1-5(10)4(3-16(13,14)15)7(12)6(11)2-9/h1,4-7,9-12H,2-3H2,(H2,13,14,15)/t4-,5+,6-,7+/m1/s1. The van der Waals surface area contributed by atoms with Crippen LogP contribution in [0, 0.1) is 5.92 Å². The van der Waals surface area contributed by atoms with E-state index in [9.17, 15) is 14.5 Å². The first kappa shape index (κ1) is 15.7. The molecule has 0 fully saturated rings. The Hall–Kier alpha value is -0.340. The van der Waals surface area contributed by atoms with Crippen molar-refractivity contribution in [1.82, 2.24) is 0 Å². The van der Waals surface area contributed by atoms with Crippen molar-refractivity contribution < 1.29 is 39.6 Å². The van der Waals surface area contributed by atoms with Crippen LogP contribution in [0.1, 0.15) is 0 Å². The lowest BCUT2D eigenvalue weighted by Crippen LogP contribution is -2.44. The van der Waals surface area contributed by atoms with Crippen LogP contribution in [0.15, 0.2) is 0 Å². The first-order valence-corrected chi connectivity index (χ1v) is 6.17. The summed E-state index contributed by atoms with van der Waals surface area (Å²) in [6, 6.07) is 0. The maximum Gasteiger partial charge on any atom is 0.326 e. The van der Waals surface area contributed by atoms with Gasteiger partial charge in [0.1, 0.15) is 18.5 Å². The van der Waals surface area contributed by atoms with Crippen LogP contribution in [0.3, 0.4) is 0 Å². The summed E-state index contributed by atoms with van der Waals surface area (Å²) in [5, 5.41) is 36.1. The average molecular weight is 258 g/mol. The molecule has 0 bridgehead atoms. The summed E-state index contributed by atoms with van der Waals surface area (Å²) in [5.74, 6) is -1.54. The Balaban J connectivity index is 4.80. The second kappa shape index (κ2) is 6.41. The fourth-order valence-corrected chi connectivity index (χ4v) is 2.17. The first-order chi connectivity index (χ1) is 7.22. The monoisotopic (exact) mass is 258 g/mol. The van der Waals surface area contributed by atoms with Crippen LogP contribution < -0.4 is 0 Å². The molecule has 0 aliphatic rings. The molecule has 0 aliphatic heterocycles. The van der Waals surface area contributed by atoms with Crippen molar-refractivity contribution in [2.24, 2.45) is 5.92 Å². The number of carbonyl (C=O) groups excluding carboxylic acids is 1. The van der Waals surface area contributed by atoms with Gasteiger partial charge in [-0.1, -0.05) is 0 Å². The number of aliphatic hydroxyl groups is 4. The number of hydrogen-bond acceptors (Lipinski definition) is 6. The average Bonchev–Trinajstić information content (AvgIpc) is 2.21. The minimum absolute atomic E-state index is 0.00631. The highest BCUT2D eigenvalue weighted by Gasteiger charge is 2.36. The van der Waals surface area contributed by atoms with E-state index in [1.54, 1.807) is 0 Å². The van der Waals surface area contributed by atoms with Crippen molar-refractivity contribution in [3.8, 4) is 0 Å². The molecule has 0 spiro atoms. The second-order valence-corrected chi connectivity index (χ2v) is 5.07. The third-order valence-electron chi connectivity index (χ3n) is 2.05. The van der Waals surface area contributed by atoms with E-state index >= 15 is 0 Å².